The average molecular weight is 312 g/mol. The first-order valence-electron chi connectivity index (χ1n) is 5.66. The Hall–Kier alpha value is -0.360. The van der Waals surface area contributed by atoms with Gasteiger partial charge in [-0.2, -0.15) is 0 Å². The van der Waals surface area contributed by atoms with Gasteiger partial charge >= 0.3 is 0 Å². The van der Waals surface area contributed by atoms with Crippen molar-refractivity contribution in [2.45, 2.75) is 37.6 Å². The quantitative estimate of drug-likeness (QED) is 0.892. The summed E-state index contributed by atoms with van der Waals surface area (Å²) in [5.74, 6) is 0.00144. The lowest BCUT2D eigenvalue weighted by Crippen LogP contribution is -2.52. The number of nitrogens with one attached hydrogen (secondary N) is 1. The Morgan fingerprint density at radius 3 is 2.67 bits per heavy atom. The SMILES string of the molecule is Cl.Cl.NC1(C(=O)NCCc2nccs2)CCCC1. The first kappa shape index (κ1) is 17.6. The lowest BCUT2D eigenvalue weighted by molar-refractivity contribution is -0.126. The molecule has 1 fully saturated rings. The molecular weight excluding hydrogens is 293 g/mol. The van der Waals surface area contributed by atoms with Crippen LogP contribution in [-0.2, 0) is 11.2 Å². The van der Waals surface area contributed by atoms with E-state index in [1.807, 2.05) is 5.38 Å². The third kappa shape index (κ3) is 4.39. The second kappa shape index (κ2) is 7.94. The van der Waals surface area contributed by atoms with Gasteiger partial charge in [-0.1, -0.05) is 12.8 Å². The predicted octanol–water partition coefficient (Wildman–Crippen LogP) is 1.92. The molecule has 3 N–H and O–H groups in total. The molecule has 1 aromatic heterocycles. The van der Waals surface area contributed by atoms with Crippen LogP contribution >= 0.6 is 36.2 Å². The molecule has 0 aromatic carbocycles. The smallest absolute Gasteiger partial charge is 0.240 e. The fraction of sp³-hybridized carbons (Fsp3) is 0.636. The number of rotatable bonds is 4. The molecule has 0 atom stereocenters. The molecule has 18 heavy (non-hydrogen) atoms. The normalized spacial score (nSPS) is 16.5. The van der Waals surface area contributed by atoms with Gasteiger partial charge in [0.05, 0.1) is 10.5 Å². The molecule has 0 unspecified atom stereocenters. The Morgan fingerprint density at radius 1 is 1.44 bits per heavy atom. The van der Waals surface area contributed by atoms with Crippen molar-refractivity contribution in [2.24, 2.45) is 5.73 Å². The van der Waals surface area contributed by atoms with Crippen molar-refractivity contribution >= 4 is 42.1 Å². The molecule has 0 spiro atoms. The highest BCUT2D eigenvalue weighted by Crippen LogP contribution is 2.27. The summed E-state index contributed by atoms with van der Waals surface area (Å²) in [5.41, 5.74) is 5.43. The lowest BCUT2D eigenvalue weighted by Gasteiger charge is -2.21. The molecule has 1 aromatic rings. The van der Waals surface area contributed by atoms with Crippen molar-refractivity contribution in [1.82, 2.24) is 10.3 Å². The number of nitrogens with zero attached hydrogens (tertiary/aromatic N) is 1. The largest absolute Gasteiger partial charge is 0.354 e. The van der Waals surface area contributed by atoms with Crippen molar-refractivity contribution in [1.29, 1.82) is 0 Å². The highest BCUT2D eigenvalue weighted by Gasteiger charge is 2.36. The number of hydrogen-bond donors (Lipinski definition) is 2. The first-order chi connectivity index (χ1) is 7.71. The number of halogens is 2. The van der Waals surface area contributed by atoms with Gasteiger partial charge in [-0.25, -0.2) is 4.98 Å². The molecule has 0 radical (unpaired) electrons. The second-order valence-electron chi connectivity index (χ2n) is 4.29. The Balaban J connectivity index is 0.00000144. The summed E-state index contributed by atoms with van der Waals surface area (Å²) in [6.07, 6.45) is 6.33. The summed E-state index contributed by atoms with van der Waals surface area (Å²) in [4.78, 5) is 16.0. The van der Waals surface area contributed by atoms with Crippen LogP contribution in [0.3, 0.4) is 0 Å². The molecule has 1 aliphatic carbocycles. The minimum Gasteiger partial charge on any atom is -0.354 e. The molecule has 7 heteroatoms. The topological polar surface area (TPSA) is 68.0 Å². The van der Waals surface area contributed by atoms with E-state index in [4.69, 9.17) is 5.73 Å². The van der Waals surface area contributed by atoms with Crippen LogP contribution in [0.15, 0.2) is 11.6 Å². The van der Waals surface area contributed by atoms with Gasteiger partial charge in [-0.05, 0) is 12.8 Å². The Kier molecular flexibility index (Phi) is 7.78. The minimum atomic E-state index is -0.608. The standard InChI is InChI=1S/C11H17N3OS.2ClH/c12-11(4-1-2-5-11)10(15)14-6-3-9-13-7-8-16-9;;/h7-8H,1-6,12H2,(H,14,15);2*1H. The number of nitrogens with two attached hydrogens (primary N) is 1. The van der Waals surface area contributed by atoms with Gasteiger partial charge in [-0.15, -0.1) is 36.2 Å². The molecule has 2 rings (SSSR count). The van der Waals surface area contributed by atoms with E-state index in [1.165, 1.54) is 0 Å². The third-order valence-corrected chi connectivity index (χ3v) is 3.90. The molecule has 0 bridgehead atoms. The Labute approximate surface area is 124 Å². The van der Waals surface area contributed by atoms with Gasteiger partial charge in [-0.3, -0.25) is 4.79 Å². The highest BCUT2D eigenvalue weighted by molar-refractivity contribution is 7.09. The number of carbonyl (C=O) groups is 1. The zero-order chi connectivity index (χ0) is 11.4. The highest BCUT2D eigenvalue weighted by atomic mass is 35.5. The average Bonchev–Trinajstić information content (AvgIpc) is 2.90. The molecule has 1 aliphatic rings. The molecule has 104 valence electrons. The lowest BCUT2D eigenvalue weighted by atomic mass is 9.98. The van der Waals surface area contributed by atoms with Crippen LogP contribution in [0.4, 0.5) is 0 Å². The van der Waals surface area contributed by atoms with E-state index in [0.717, 1.165) is 37.1 Å². The van der Waals surface area contributed by atoms with E-state index in [-0.39, 0.29) is 30.7 Å². The first-order valence-corrected chi connectivity index (χ1v) is 6.54. The number of amides is 1. The van der Waals surface area contributed by atoms with Crippen LogP contribution < -0.4 is 11.1 Å². The maximum Gasteiger partial charge on any atom is 0.240 e. The molecule has 1 amide bonds. The number of hydrogen-bond acceptors (Lipinski definition) is 4. The van der Waals surface area contributed by atoms with E-state index >= 15 is 0 Å². The fourth-order valence-electron chi connectivity index (χ4n) is 2.07. The van der Waals surface area contributed by atoms with Crippen LogP contribution in [0.1, 0.15) is 30.7 Å². The van der Waals surface area contributed by atoms with E-state index in [0.29, 0.717) is 6.54 Å². The van der Waals surface area contributed by atoms with Gasteiger partial charge in [0.25, 0.3) is 0 Å². The van der Waals surface area contributed by atoms with Crippen LogP contribution in [0.25, 0.3) is 0 Å². The van der Waals surface area contributed by atoms with Gasteiger partial charge in [0, 0.05) is 24.5 Å². The molecule has 1 heterocycles. The molecule has 0 saturated heterocycles. The maximum absolute atomic E-state index is 11.8. The summed E-state index contributed by atoms with van der Waals surface area (Å²) in [5, 5.41) is 5.90. The number of aromatic nitrogens is 1. The minimum absolute atomic E-state index is 0. The Morgan fingerprint density at radius 2 is 2.11 bits per heavy atom. The van der Waals surface area contributed by atoms with Crippen molar-refractivity contribution in [3.8, 4) is 0 Å². The second-order valence-corrected chi connectivity index (χ2v) is 5.27. The van der Waals surface area contributed by atoms with E-state index in [2.05, 4.69) is 10.3 Å². The summed E-state index contributed by atoms with van der Waals surface area (Å²) >= 11 is 1.61. The number of thiazole rings is 1. The van der Waals surface area contributed by atoms with Crippen molar-refractivity contribution in [2.75, 3.05) is 6.54 Å². The molecule has 0 aliphatic heterocycles. The van der Waals surface area contributed by atoms with E-state index < -0.39 is 5.54 Å². The van der Waals surface area contributed by atoms with Gasteiger partial charge in [0.2, 0.25) is 5.91 Å². The summed E-state index contributed by atoms with van der Waals surface area (Å²) in [7, 11) is 0. The number of carbonyl (C=O) groups excluding carboxylic acids is 1. The van der Waals surface area contributed by atoms with Crippen LogP contribution in [-0.4, -0.2) is 23.0 Å². The van der Waals surface area contributed by atoms with Gasteiger partial charge < -0.3 is 11.1 Å². The van der Waals surface area contributed by atoms with Crippen molar-refractivity contribution in [3.05, 3.63) is 16.6 Å². The van der Waals surface area contributed by atoms with E-state index in [9.17, 15) is 4.79 Å². The fourth-order valence-corrected chi connectivity index (χ4v) is 2.69. The maximum atomic E-state index is 11.8. The molecule has 1 saturated carbocycles. The summed E-state index contributed by atoms with van der Waals surface area (Å²) in [6, 6.07) is 0. The Bertz CT molecular complexity index is 353. The van der Waals surface area contributed by atoms with E-state index in [1.54, 1.807) is 17.5 Å². The van der Waals surface area contributed by atoms with Crippen molar-refractivity contribution < 1.29 is 4.79 Å². The van der Waals surface area contributed by atoms with Gasteiger partial charge in [0.1, 0.15) is 0 Å². The van der Waals surface area contributed by atoms with Crippen molar-refractivity contribution in [3.63, 3.8) is 0 Å². The van der Waals surface area contributed by atoms with Crippen LogP contribution in [0.5, 0.6) is 0 Å². The monoisotopic (exact) mass is 311 g/mol. The predicted molar refractivity (Wildman–Crippen MR) is 78.7 cm³/mol. The zero-order valence-electron chi connectivity index (χ0n) is 10.1. The third-order valence-electron chi connectivity index (χ3n) is 3.06. The molecule has 4 nitrogen and oxygen atoms in total. The zero-order valence-corrected chi connectivity index (χ0v) is 12.5. The van der Waals surface area contributed by atoms with Crippen LogP contribution in [0.2, 0.25) is 0 Å². The van der Waals surface area contributed by atoms with Crippen LogP contribution in [0, 0.1) is 0 Å². The summed E-state index contributed by atoms with van der Waals surface area (Å²) in [6.45, 7) is 0.630. The van der Waals surface area contributed by atoms with Gasteiger partial charge in [0.15, 0.2) is 0 Å². The molecular formula is C11H19Cl2N3OS. The summed E-state index contributed by atoms with van der Waals surface area (Å²) < 4.78 is 0.